The zero-order chi connectivity index (χ0) is 31.4. The summed E-state index contributed by atoms with van der Waals surface area (Å²) in [6, 6.07) is 15.2. The van der Waals surface area contributed by atoms with Crippen molar-refractivity contribution in [3.63, 3.8) is 0 Å². The van der Waals surface area contributed by atoms with E-state index in [1.807, 2.05) is 0 Å². The molecule has 1 aliphatic heterocycles. The molecule has 0 saturated heterocycles. The van der Waals surface area contributed by atoms with Crippen LogP contribution in [-0.4, -0.2) is 40.1 Å². The summed E-state index contributed by atoms with van der Waals surface area (Å²) in [5, 5.41) is 13.1. The number of amides is 1. The first-order valence-electron chi connectivity index (χ1n) is 13.3. The fraction of sp³-hybridized carbons (Fsp3) is 0.233. The molecule has 6 rings (SSSR count). The van der Waals surface area contributed by atoms with Crippen molar-refractivity contribution in [1.82, 2.24) is 9.78 Å². The van der Waals surface area contributed by atoms with Gasteiger partial charge in [0.25, 0.3) is 5.91 Å². The normalized spacial score (nSPS) is 16.7. The van der Waals surface area contributed by atoms with Gasteiger partial charge in [-0.2, -0.15) is 18.3 Å². The molecule has 1 aliphatic carbocycles. The van der Waals surface area contributed by atoms with Crippen molar-refractivity contribution in [1.29, 1.82) is 0 Å². The molecule has 2 aliphatic rings. The number of rotatable bonds is 6. The predicted octanol–water partition coefficient (Wildman–Crippen LogP) is 6.64. The van der Waals surface area contributed by atoms with Gasteiger partial charge in [-0.3, -0.25) is 4.79 Å². The SMILES string of the molecule is CN(C(=O)c1cccc(-n2nc(C(F)(F)F)c3c2C(Oc2ccc(C(=O)O)cc2)CCC3)c1)c1ccc2c(c1)OC(F)(F)O2. The highest BCUT2D eigenvalue weighted by Crippen LogP contribution is 2.44. The van der Waals surface area contributed by atoms with E-state index in [1.165, 1.54) is 78.7 Å². The van der Waals surface area contributed by atoms with Crippen molar-refractivity contribution in [3.8, 4) is 22.9 Å². The number of carbonyl (C=O) groups is 2. The number of nitrogens with zero attached hydrogens (tertiary/aromatic N) is 3. The predicted molar refractivity (Wildman–Crippen MR) is 144 cm³/mol. The number of carboxylic acid groups (broad SMARTS) is 1. The molecular formula is C30H22F5N3O6. The zero-order valence-corrected chi connectivity index (χ0v) is 22.8. The van der Waals surface area contributed by atoms with Gasteiger partial charge in [-0.25, -0.2) is 9.48 Å². The number of carbonyl (C=O) groups excluding carboxylic acids is 1. The van der Waals surface area contributed by atoms with Gasteiger partial charge in [-0.05, 0) is 73.9 Å². The molecule has 44 heavy (non-hydrogen) atoms. The Balaban J connectivity index is 1.34. The van der Waals surface area contributed by atoms with Gasteiger partial charge < -0.3 is 24.2 Å². The van der Waals surface area contributed by atoms with Crippen LogP contribution in [0.1, 0.15) is 56.6 Å². The minimum Gasteiger partial charge on any atom is -0.484 e. The maximum atomic E-state index is 14.1. The number of alkyl halides is 5. The molecule has 0 radical (unpaired) electrons. The van der Waals surface area contributed by atoms with Gasteiger partial charge in [0.2, 0.25) is 0 Å². The number of hydrogen-bond acceptors (Lipinski definition) is 6. The molecule has 1 unspecified atom stereocenters. The molecule has 2 heterocycles. The Labute approximate surface area is 246 Å². The molecule has 1 aromatic heterocycles. The van der Waals surface area contributed by atoms with Crippen LogP contribution >= 0.6 is 0 Å². The van der Waals surface area contributed by atoms with Crippen LogP contribution in [-0.2, 0) is 12.6 Å². The van der Waals surface area contributed by atoms with E-state index in [2.05, 4.69) is 14.6 Å². The van der Waals surface area contributed by atoms with E-state index in [0.717, 1.165) is 4.68 Å². The second kappa shape index (κ2) is 10.5. The van der Waals surface area contributed by atoms with Gasteiger partial charge in [0.1, 0.15) is 11.9 Å². The summed E-state index contributed by atoms with van der Waals surface area (Å²) in [5.41, 5.74) is -0.438. The quantitative estimate of drug-likeness (QED) is 0.243. The van der Waals surface area contributed by atoms with Gasteiger partial charge >= 0.3 is 18.4 Å². The van der Waals surface area contributed by atoms with Crippen LogP contribution in [0, 0.1) is 0 Å². The number of benzene rings is 3. The second-order valence-corrected chi connectivity index (χ2v) is 10.2. The van der Waals surface area contributed by atoms with Gasteiger partial charge in [-0.15, -0.1) is 8.78 Å². The Kier molecular flexibility index (Phi) is 6.94. The average molecular weight is 616 g/mol. The van der Waals surface area contributed by atoms with Gasteiger partial charge in [0.05, 0.1) is 16.9 Å². The van der Waals surface area contributed by atoms with E-state index < -0.39 is 36.1 Å². The van der Waals surface area contributed by atoms with E-state index in [4.69, 9.17) is 9.84 Å². The molecule has 228 valence electrons. The molecule has 0 bridgehead atoms. The van der Waals surface area contributed by atoms with Crippen molar-refractivity contribution < 1.29 is 50.9 Å². The van der Waals surface area contributed by atoms with E-state index in [0.29, 0.717) is 12.8 Å². The minimum absolute atomic E-state index is 0.0243. The Hall–Kier alpha value is -5.14. The summed E-state index contributed by atoms with van der Waals surface area (Å²) in [5.74, 6) is -1.90. The molecule has 1 atom stereocenters. The van der Waals surface area contributed by atoms with Crippen LogP contribution in [0.15, 0.2) is 66.7 Å². The third-order valence-electron chi connectivity index (χ3n) is 7.28. The monoisotopic (exact) mass is 615 g/mol. The maximum Gasteiger partial charge on any atom is 0.586 e. The molecule has 0 fully saturated rings. The first-order valence-corrected chi connectivity index (χ1v) is 13.3. The fourth-order valence-electron chi connectivity index (χ4n) is 5.25. The molecule has 14 heteroatoms. The van der Waals surface area contributed by atoms with Crippen molar-refractivity contribution in [3.05, 3.63) is 94.8 Å². The van der Waals surface area contributed by atoms with Crippen LogP contribution in [0.3, 0.4) is 0 Å². The molecule has 4 aromatic rings. The lowest BCUT2D eigenvalue weighted by Gasteiger charge is -2.26. The van der Waals surface area contributed by atoms with Crippen LogP contribution in [0.25, 0.3) is 5.69 Å². The Bertz CT molecular complexity index is 1770. The Morgan fingerprint density at radius 1 is 1.02 bits per heavy atom. The van der Waals surface area contributed by atoms with Crippen LogP contribution in [0.2, 0.25) is 0 Å². The van der Waals surface area contributed by atoms with E-state index in [1.54, 1.807) is 0 Å². The highest BCUT2D eigenvalue weighted by atomic mass is 19.4. The molecule has 0 spiro atoms. The average Bonchev–Trinajstić information content (AvgIpc) is 3.53. The first-order chi connectivity index (χ1) is 20.8. The second-order valence-electron chi connectivity index (χ2n) is 10.2. The lowest BCUT2D eigenvalue weighted by atomic mass is 9.92. The van der Waals surface area contributed by atoms with Crippen molar-refractivity contribution in [2.24, 2.45) is 0 Å². The summed E-state index contributed by atoms with van der Waals surface area (Å²) in [6.45, 7) is 0. The van der Waals surface area contributed by atoms with Gasteiger partial charge in [0, 0.05) is 29.9 Å². The zero-order valence-electron chi connectivity index (χ0n) is 22.8. The molecule has 1 amide bonds. The Morgan fingerprint density at radius 3 is 2.45 bits per heavy atom. The smallest absolute Gasteiger partial charge is 0.484 e. The summed E-state index contributed by atoms with van der Waals surface area (Å²) in [4.78, 5) is 25.8. The Morgan fingerprint density at radius 2 is 1.75 bits per heavy atom. The minimum atomic E-state index is -4.76. The van der Waals surface area contributed by atoms with Crippen molar-refractivity contribution in [2.45, 2.75) is 37.8 Å². The van der Waals surface area contributed by atoms with Crippen LogP contribution in [0.5, 0.6) is 17.2 Å². The number of aromatic nitrogens is 2. The summed E-state index contributed by atoms with van der Waals surface area (Å²) in [6.07, 6.45) is -8.59. The first kappa shape index (κ1) is 29.0. The van der Waals surface area contributed by atoms with Crippen LogP contribution in [0.4, 0.5) is 27.6 Å². The van der Waals surface area contributed by atoms with Crippen molar-refractivity contribution in [2.75, 3.05) is 11.9 Å². The number of hydrogen-bond donors (Lipinski definition) is 1. The van der Waals surface area contributed by atoms with Crippen LogP contribution < -0.4 is 19.1 Å². The largest absolute Gasteiger partial charge is 0.586 e. The number of anilines is 1. The fourth-order valence-corrected chi connectivity index (χ4v) is 5.25. The number of fused-ring (bicyclic) bond motifs is 2. The number of halogens is 5. The van der Waals surface area contributed by atoms with Crippen molar-refractivity contribution >= 4 is 17.6 Å². The summed E-state index contributed by atoms with van der Waals surface area (Å²) >= 11 is 0. The topological polar surface area (TPSA) is 103 Å². The molecule has 3 aromatic carbocycles. The third-order valence-corrected chi connectivity index (χ3v) is 7.28. The summed E-state index contributed by atoms with van der Waals surface area (Å²) < 4.78 is 85.3. The van der Waals surface area contributed by atoms with E-state index in [-0.39, 0.29) is 57.4 Å². The van der Waals surface area contributed by atoms with Gasteiger partial charge in [0.15, 0.2) is 17.2 Å². The molecular weight excluding hydrogens is 593 g/mol. The molecule has 9 nitrogen and oxygen atoms in total. The number of carboxylic acids is 1. The van der Waals surface area contributed by atoms with E-state index in [9.17, 15) is 31.5 Å². The number of ether oxygens (including phenoxy) is 3. The third kappa shape index (κ3) is 5.38. The van der Waals surface area contributed by atoms with E-state index >= 15 is 0 Å². The lowest BCUT2D eigenvalue weighted by Crippen LogP contribution is -2.26. The maximum absolute atomic E-state index is 14.1. The standard InChI is InChI=1S/C30H22F5N3O6/c1-37(18-10-13-22-24(15-18)44-30(34,35)43-22)27(39)17-4-2-5-19(14-17)38-25-21(26(36-38)29(31,32)33)6-3-7-23(25)42-20-11-8-16(9-12-20)28(40)41/h2,4-5,8-15,23H,3,6-7H2,1H3,(H,40,41). The van der Waals surface area contributed by atoms with Gasteiger partial charge in [-0.1, -0.05) is 6.07 Å². The highest BCUT2D eigenvalue weighted by Gasteiger charge is 2.44. The molecule has 0 saturated carbocycles. The number of aromatic carboxylic acids is 1. The summed E-state index contributed by atoms with van der Waals surface area (Å²) in [7, 11) is 1.40. The highest BCUT2D eigenvalue weighted by molar-refractivity contribution is 6.06. The lowest BCUT2D eigenvalue weighted by molar-refractivity contribution is -0.286. The molecule has 1 N–H and O–H groups in total.